The summed E-state index contributed by atoms with van der Waals surface area (Å²) in [5.74, 6) is -0.846. The molecule has 2 aromatic carbocycles. The fraction of sp³-hybridized carbons (Fsp3) is 0.360. The van der Waals surface area contributed by atoms with Crippen molar-refractivity contribution in [3.8, 4) is 11.5 Å². The molecular weight excluding hydrogens is 424 g/mol. The minimum atomic E-state index is -0.794. The summed E-state index contributed by atoms with van der Waals surface area (Å²) < 4.78 is 16.2. The highest BCUT2D eigenvalue weighted by molar-refractivity contribution is 6.46. The van der Waals surface area contributed by atoms with E-state index in [1.54, 1.807) is 48.5 Å². The molecule has 0 bridgehead atoms. The molecule has 0 spiro atoms. The van der Waals surface area contributed by atoms with Crippen molar-refractivity contribution in [3.05, 3.63) is 65.2 Å². The normalized spacial score (nSPS) is 20.8. The molecule has 2 heterocycles. The summed E-state index contributed by atoms with van der Waals surface area (Å²) in [5.41, 5.74) is 0.971. The molecule has 1 N–H and O–H groups in total. The Kier molecular flexibility index (Phi) is 6.96. The monoisotopic (exact) mass is 452 g/mol. The third-order valence-corrected chi connectivity index (χ3v) is 6.19. The Hall–Kier alpha value is -3.36. The molecule has 1 unspecified atom stereocenters. The second-order valence-electron chi connectivity index (χ2n) is 8.07. The first-order valence-corrected chi connectivity index (χ1v) is 11.0. The van der Waals surface area contributed by atoms with E-state index >= 15 is 0 Å². The summed E-state index contributed by atoms with van der Waals surface area (Å²) >= 11 is 0. The molecule has 1 amide bonds. The maximum atomic E-state index is 13.4. The zero-order chi connectivity index (χ0) is 23.4. The second kappa shape index (κ2) is 10.1. The van der Waals surface area contributed by atoms with E-state index in [9.17, 15) is 14.7 Å². The van der Waals surface area contributed by atoms with Crippen LogP contribution < -0.4 is 19.5 Å². The second-order valence-corrected chi connectivity index (χ2v) is 8.07. The van der Waals surface area contributed by atoms with Crippen molar-refractivity contribution < 1.29 is 33.8 Å². The maximum Gasteiger partial charge on any atom is 0.295 e. The predicted octanol–water partition coefficient (Wildman–Crippen LogP) is -0.157. The highest BCUT2D eigenvalue weighted by Gasteiger charge is 2.44. The quantitative estimate of drug-likeness (QED) is 0.357. The molecule has 8 nitrogen and oxygen atoms in total. The van der Waals surface area contributed by atoms with Gasteiger partial charge in [0.2, 0.25) is 5.78 Å². The fourth-order valence-corrected chi connectivity index (χ4v) is 4.40. The Labute approximate surface area is 193 Å². The zero-order valence-electron chi connectivity index (χ0n) is 18.8. The van der Waals surface area contributed by atoms with Gasteiger partial charge in [-0.25, -0.2) is 0 Å². The number of carbonyl (C=O) groups is 2. The molecular formula is C25H28N2O6. The summed E-state index contributed by atoms with van der Waals surface area (Å²) in [6, 6.07) is 13.0. The number of carbonyl (C=O) groups excluding carboxylic acids is 2. The van der Waals surface area contributed by atoms with Crippen molar-refractivity contribution in [2.45, 2.75) is 6.04 Å². The molecule has 2 aromatic rings. The van der Waals surface area contributed by atoms with Crippen LogP contribution in [0, 0.1) is 0 Å². The van der Waals surface area contributed by atoms with Crippen molar-refractivity contribution in [2.24, 2.45) is 0 Å². The smallest absolute Gasteiger partial charge is 0.295 e. The lowest BCUT2D eigenvalue weighted by atomic mass is 9.95. The Morgan fingerprint density at radius 3 is 2.42 bits per heavy atom. The zero-order valence-corrected chi connectivity index (χ0v) is 18.8. The van der Waals surface area contributed by atoms with Gasteiger partial charge in [0.1, 0.15) is 13.1 Å². The number of ether oxygens (including phenoxy) is 3. The van der Waals surface area contributed by atoms with Gasteiger partial charge in [0.05, 0.1) is 46.6 Å². The van der Waals surface area contributed by atoms with Crippen LogP contribution in [0.1, 0.15) is 17.2 Å². The predicted molar refractivity (Wildman–Crippen MR) is 119 cm³/mol. The minimum absolute atomic E-state index is 0.0320. The first-order chi connectivity index (χ1) is 16.0. The first kappa shape index (κ1) is 22.8. The number of morpholine rings is 1. The Morgan fingerprint density at radius 2 is 1.76 bits per heavy atom. The van der Waals surface area contributed by atoms with Crippen molar-refractivity contribution in [1.29, 1.82) is 0 Å². The summed E-state index contributed by atoms with van der Waals surface area (Å²) in [6.07, 6.45) is 0. The number of amides is 1. The number of hydrogen-bond donors (Lipinski definition) is 1. The molecule has 0 aliphatic carbocycles. The number of quaternary nitrogens is 1. The number of rotatable bonds is 7. The summed E-state index contributed by atoms with van der Waals surface area (Å²) in [7, 11) is 3.06. The topological polar surface area (TPSA) is 92.6 Å². The van der Waals surface area contributed by atoms with Crippen LogP contribution in [0.4, 0.5) is 0 Å². The van der Waals surface area contributed by atoms with Gasteiger partial charge in [0.25, 0.3) is 5.91 Å². The average molecular weight is 453 g/mol. The number of hydrogen-bond acceptors (Lipinski definition) is 6. The minimum Gasteiger partial charge on any atom is -0.872 e. The van der Waals surface area contributed by atoms with Gasteiger partial charge in [0, 0.05) is 5.57 Å². The van der Waals surface area contributed by atoms with Gasteiger partial charge in [-0.3, -0.25) is 9.59 Å². The highest BCUT2D eigenvalue weighted by atomic mass is 16.5. The molecule has 2 aliphatic heterocycles. The Bertz CT molecular complexity index is 1050. The fourth-order valence-electron chi connectivity index (χ4n) is 4.40. The average Bonchev–Trinajstić information content (AvgIpc) is 3.12. The summed E-state index contributed by atoms with van der Waals surface area (Å²) in [5, 5.41) is 13.4. The van der Waals surface area contributed by atoms with Gasteiger partial charge in [-0.2, -0.15) is 0 Å². The van der Waals surface area contributed by atoms with E-state index in [0.717, 1.165) is 13.1 Å². The van der Waals surface area contributed by atoms with Crippen molar-refractivity contribution in [2.75, 3.05) is 53.6 Å². The number of methoxy groups -OCH3 is 2. The third kappa shape index (κ3) is 4.58. The molecule has 174 valence electrons. The van der Waals surface area contributed by atoms with Gasteiger partial charge in [-0.15, -0.1) is 0 Å². The number of benzene rings is 2. The van der Waals surface area contributed by atoms with Crippen LogP contribution in [0.25, 0.3) is 5.76 Å². The SMILES string of the molecule is COc1ccc(C2/C(=C(\[O-])c3ccccc3)C(=O)C(=O)N2CC[NH+]2CCOCC2)cc1OC. The van der Waals surface area contributed by atoms with Crippen LogP contribution in [0.15, 0.2) is 54.1 Å². The molecule has 2 fully saturated rings. The lowest BCUT2D eigenvalue weighted by Gasteiger charge is -2.30. The molecule has 0 aromatic heterocycles. The molecule has 4 rings (SSSR count). The molecule has 1 atom stereocenters. The molecule has 2 saturated heterocycles. The third-order valence-electron chi connectivity index (χ3n) is 6.19. The van der Waals surface area contributed by atoms with Crippen LogP contribution in [0.5, 0.6) is 11.5 Å². The van der Waals surface area contributed by atoms with E-state index in [4.69, 9.17) is 14.2 Å². The largest absolute Gasteiger partial charge is 0.872 e. The van der Waals surface area contributed by atoms with E-state index in [0.29, 0.717) is 48.9 Å². The van der Waals surface area contributed by atoms with Crippen molar-refractivity contribution in [3.63, 3.8) is 0 Å². The van der Waals surface area contributed by atoms with Crippen LogP contribution in [-0.4, -0.2) is 70.2 Å². The number of Topliss-reactive ketones (excluding diaryl/α,β-unsaturated/α-hetero) is 1. The van der Waals surface area contributed by atoms with Crippen molar-refractivity contribution >= 4 is 17.4 Å². The van der Waals surface area contributed by atoms with Crippen LogP contribution in [0.3, 0.4) is 0 Å². The lowest BCUT2D eigenvalue weighted by molar-refractivity contribution is -0.907. The number of ketones is 1. The Balaban J connectivity index is 1.77. The van der Waals surface area contributed by atoms with Crippen LogP contribution in [-0.2, 0) is 14.3 Å². The van der Waals surface area contributed by atoms with E-state index in [1.807, 2.05) is 0 Å². The van der Waals surface area contributed by atoms with Crippen LogP contribution >= 0.6 is 0 Å². The molecule has 8 heteroatoms. The summed E-state index contributed by atoms with van der Waals surface area (Å²) in [4.78, 5) is 29.0. The van der Waals surface area contributed by atoms with Gasteiger partial charge in [0.15, 0.2) is 11.5 Å². The standard InChI is InChI=1S/C25H28N2O6/c1-31-19-9-8-18(16-20(19)32-2)22-21(23(28)17-6-4-3-5-7-17)24(29)25(30)27(22)11-10-26-12-14-33-15-13-26/h3-9,16,22,28H,10-15H2,1-2H3/b23-21+. The number of nitrogens with one attached hydrogen (secondary N) is 1. The van der Waals surface area contributed by atoms with Gasteiger partial charge in [-0.1, -0.05) is 42.2 Å². The first-order valence-electron chi connectivity index (χ1n) is 11.0. The highest BCUT2D eigenvalue weighted by Crippen LogP contribution is 2.41. The maximum absolute atomic E-state index is 13.4. The van der Waals surface area contributed by atoms with Crippen molar-refractivity contribution in [1.82, 2.24) is 4.90 Å². The summed E-state index contributed by atoms with van der Waals surface area (Å²) in [6.45, 7) is 4.05. The molecule has 0 saturated carbocycles. The van der Waals surface area contributed by atoms with E-state index in [1.165, 1.54) is 24.0 Å². The Morgan fingerprint density at radius 1 is 1.06 bits per heavy atom. The molecule has 33 heavy (non-hydrogen) atoms. The van der Waals surface area contributed by atoms with Crippen LogP contribution in [0.2, 0.25) is 0 Å². The van der Waals surface area contributed by atoms with Gasteiger partial charge < -0.3 is 29.1 Å². The van der Waals surface area contributed by atoms with E-state index in [-0.39, 0.29) is 5.57 Å². The van der Waals surface area contributed by atoms with E-state index in [2.05, 4.69) is 0 Å². The van der Waals surface area contributed by atoms with E-state index < -0.39 is 23.5 Å². The van der Waals surface area contributed by atoms with Gasteiger partial charge >= 0.3 is 0 Å². The lowest BCUT2D eigenvalue weighted by Crippen LogP contribution is -3.14. The molecule has 2 aliphatic rings. The number of nitrogens with zero attached hydrogens (tertiary/aromatic N) is 1. The van der Waals surface area contributed by atoms with Gasteiger partial charge in [-0.05, 0) is 23.3 Å². The number of likely N-dealkylation sites (tertiary alicyclic amines) is 1. The molecule has 0 radical (unpaired) electrons.